The lowest BCUT2D eigenvalue weighted by Gasteiger charge is -2.36. The second kappa shape index (κ2) is 5.76. The van der Waals surface area contributed by atoms with Gasteiger partial charge in [-0.2, -0.15) is 8.78 Å². The average Bonchev–Trinajstić information content (AvgIpc) is 3.11. The number of urea groups is 1. The average molecular weight is 331 g/mol. The number of hydrogen-bond donors (Lipinski definition) is 1. The third-order valence-corrected chi connectivity index (χ3v) is 3.75. The van der Waals surface area contributed by atoms with Crippen LogP contribution in [0.5, 0.6) is 0 Å². The van der Waals surface area contributed by atoms with Crippen LogP contribution in [0.1, 0.15) is 25.2 Å². The van der Waals surface area contributed by atoms with Crippen LogP contribution in [0, 0.1) is 0 Å². The highest BCUT2D eigenvalue weighted by Crippen LogP contribution is 2.38. The number of hydrogen-bond acceptors (Lipinski definition) is 6. The van der Waals surface area contributed by atoms with Crippen LogP contribution in [0.3, 0.4) is 0 Å². The Morgan fingerprint density at radius 1 is 1.61 bits per heavy atom. The molecule has 2 amide bonds. The summed E-state index contributed by atoms with van der Waals surface area (Å²) in [6.07, 6.45) is -2.58. The molecule has 0 aromatic carbocycles. The van der Waals surface area contributed by atoms with Crippen molar-refractivity contribution in [2.75, 3.05) is 13.2 Å². The van der Waals surface area contributed by atoms with Crippen molar-refractivity contribution in [3.8, 4) is 0 Å². The molecule has 3 rings (SSSR count). The molecule has 2 saturated heterocycles. The van der Waals surface area contributed by atoms with E-state index in [4.69, 9.17) is 4.42 Å². The van der Waals surface area contributed by atoms with Crippen molar-refractivity contribution < 1.29 is 32.3 Å². The third-order valence-electron chi connectivity index (χ3n) is 3.75. The van der Waals surface area contributed by atoms with E-state index in [0.717, 1.165) is 4.90 Å². The number of fused-ring (bicyclic) bond motifs is 2. The van der Waals surface area contributed by atoms with Crippen LogP contribution in [0.4, 0.5) is 13.6 Å². The molecule has 1 N–H and O–H groups in total. The highest BCUT2D eigenvalue weighted by Gasteiger charge is 2.54. The molecule has 23 heavy (non-hydrogen) atoms. The van der Waals surface area contributed by atoms with E-state index < -0.39 is 30.3 Å². The van der Waals surface area contributed by atoms with E-state index in [1.165, 1.54) is 19.4 Å². The van der Waals surface area contributed by atoms with Gasteiger partial charge in [0.05, 0.1) is 18.7 Å². The van der Waals surface area contributed by atoms with Gasteiger partial charge in [-0.15, -0.1) is 0 Å². The minimum atomic E-state index is -4.18. The Kier molecular flexibility index (Phi) is 3.92. The van der Waals surface area contributed by atoms with Gasteiger partial charge in [-0.1, -0.05) is 0 Å². The molecule has 0 radical (unpaired) electrons. The Hall–Kier alpha value is -2.23. The summed E-state index contributed by atoms with van der Waals surface area (Å²) in [4.78, 5) is 28.3. The molecule has 10 heteroatoms. The summed E-state index contributed by atoms with van der Waals surface area (Å²) in [6.45, 7) is 1.40. The van der Waals surface area contributed by atoms with Crippen LogP contribution in [-0.2, 0) is 14.3 Å². The highest BCUT2D eigenvalue weighted by molar-refractivity contribution is 5.78. The van der Waals surface area contributed by atoms with Crippen molar-refractivity contribution in [1.29, 1.82) is 0 Å². The van der Waals surface area contributed by atoms with Crippen LogP contribution < -0.4 is 5.32 Å². The Morgan fingerprint density at radius 2 is 2.39 bits per heavy atom. The van der Waals surface area contributed by atoms with Gasteiger partial charge in [-0.3, -0.25) is 9.64 Å². The van der Waals surface area contributed by atoms with E-state index >= 15 is 0 Å². The summed E-state index contributed by atoms with van der Waals surface area (Å²) >= 11 is 0. The van der Waals surface area contributed by atoms with Gasteiger partial charge in [0.15, 0.2) is 6.23 Å². The first-order chi connectivity index (χ1) is 10.9. The predicted octanol–water partition coefficient (Wildman–Crippen LogP) is 1.05. The summed E-state index contributed by atoms with van der Waals surface area (Å²) in [5.41, 5.74) is 0. The molecule has 1 aromatic rings. The van der Waals surface area contributed by atoms with E-state index in [1.54, 1.807) is 0 Å². The van der Waals surface area contributed by atoms with Crippen LogP contribution in [0.25, 0.3) is 0 Å². The van der Waals surface area contributed by atoms with E-state index in [0.29, 0.717) is 6.42 Å². The molecule has 126 valence electrons. The molecule has 1 aromatic heterocycles. The fourth-order valence-corrected chi connectivity index (χ4v) is 2.82. The predicted molar refractivity (Wildman–Crippen MR) is 69.3 cm³/mol. The minimum absolute atomic E-state index is 0.167. The van der Waals surface area contributed by atoms with Crippen LogP contribution in [-0.4, -0.2) is 53.4 Å². The molecule has 8 nitrogen and oxygen atoms in total. The lowest BCUT2D eigenvalue weighted by molar-refractivity contribution is -0.287. The first-order valence-corrected chi connectivity index (χ1v) is 7.11. The van der Waals surface area contributed by atoms with Gasteiger partial charge in [0.2, 0.25) is 5.89 Å². The Morgan fingerprint density at radius 3 is 3.04 bits per heavy atom. The summed E-state index contributed by atoms with van der Waals surface area (Å²) < 4.78 is 42.1. The van der Waals surface area contributed by atoms with Gasteiger partial charge in [0.1, 0.15) is 6.26 Å². The van der Waals surface area contributed by atoms with Crippen LogP contribution in [0.15, 0.2) is 16.9 Å². The maximum atomic E-state index is 13.9. The number of nitrogens with zero attached hydrogens (tertiary/aromatic N) is 2. The normalized spacial score (nSPS) is 27.0. The molecule has 3 atom stereocenters. The van der Waals surface area contributed by atoms with Crippen molar-refractivity contribution in [3.05, 3.63) is 18.4 Å². The molecule has 2 bridgehead atoms. The zero-order valence-corrected chi connectivity index (χ0v) is 12.2. The number of oxazole rings is 1. The number of rotatable bonds is 5. The summed E-state index contributed by atoms with van der Waals surface area (Å²) in [5.74, 6) is -2.35. The number of ether oxygens (including phenoxy) is 2. The van der Waals surface area contributed by atoms with Crippen molar-refractivity contribution in [1.82, 2.24) is 15.2 Å². The molecule has 3 unspecified atom stereocenters. The van der Waals surface area contributed by atoms with Crippen molar-refractivity contribution in [2.45, 2.75) is 37.6 Å². The SMILES string of the molecule is CCOC(=O)C(F)(F)OC1C(c2ncco2)CC2CN1C(=O)N2. The molecule has 2 fully saturated rings. The number of halogens is 2. The Balaban J connectivity index is 1.86. The Bertz CT molecular complexity index is 594. The largest absolute Gasteiger partial charge is 0.460 e. The highest BCUT2D eigenvalue weighted by atomic mass is 19.3. The smallest absolute Gasteiger partial charge is 0.457 e. The third kappa shape index (κ3) is 2.85. The maximum Gasteiger partial charge on any atom is 0.457 e. The molecule has 2 aliphatic heterocycles. The number of piperidine rings is 1. The number of carbonyl (C=O) groups is 2. The molecule has 3 heterocycles. The van der Waals surface area contributed by atoms with Crippen LogP contribution >= 0.6 is 0 Å². The number of nitrogens with one attached hydrogen (secondary N) is 1. The second-order valence-corrected chi connectivity index (χ2v) is 5.26. The molecule has 0 aliphatic carbocycles. The number of amides is 2. The Labute approximate surface area is 129 Å². The second-order valence-electron chi connectivity index (χ2n) is 5.26. The van der Waals surface area contributed by atoms with Gasteiger partial charge in [-0.05, 0) is 13.3 Å². The maximum absolute atomic E-state index is 13.9. The van der Waals surface area contributed by atoms with Crippen molar-refractivity contribution in [3.63, 3.8) is 0 Å². The van der Waals surface area contributed by atoms with E-state index in [9.17, 15) is 18.4 Å². The van der Waals surface area contributed by atoms with E-state index in [1.807, 2.05) is 0 Å². The molecule has 0 spiro atoms. The lowest BCUT2D eigenvalue weighted by Crippen LogP contribution is -2.51. The van der Waals surface area contributed by atoms with Crippen molar-refractivity contribution in [2.24, 2.45) is 0 Å². The van der Waals surface area contributed by atoms with Crippen molar-refractivity contribution >= 4 is 12.0 Å². The van der Waals surface area contributed by atoms with Crippen LogP contribution in [0.2, 0.25) is 0 Å². The van der Waals surface area contributed by atoms with Gasteiger partial charge < -0.3 is 14.5 Å². The lowest BCUT2D eigenvalue weighted by atomic mass is 9.94. The van der Waals surface area contributed by atoms with E-state index in [2.05, 4.69) is 19.8 Å². The fourth-order valence-electron chi connectivity index (χ4n) is 2.82. The number of alkyl halides is 2. The first-order valence-electron chi connectivity index (χ1n) is 7.11. The topological polar surface area (TPSA) is 93.9 Å². The minimum Gasteiger partial charge on any atom is -0.460 e. The summed E-state index contributed by atoms with van der Waals surface area (Å²) in [7, 11) is 0. The quantitative estimate of drug-likeness (QED) is 0.811. The fraction of sp³-hybridized carbons (Fsp3) is 0.615. The first kappa shape index (κ1) is 15.7. The zero-order chi connectivity index (χ0) is 16.6. The summed E-state index contributed by atoms with van der Waals surface area (Å²) in [5, 5.41) is 2.65. The van der Waals surface area contributed by atoms with Gasteiger partial charge in [0, 0.05) is 12.6 Å². The number of carbonyl (C=O) groups excluding carboxylic acids is 2. The van der Waals surface area contributed by atoms with Gasteiger partial charge in [0.25, 0.3) is 0 Å². The standard InChI is InChI=1S/C13H15F2N3O5/c1-2-21-11(19)13(14,15)23-10-8(9-16-3-4-22-9)5-7-6-18(10)12(20)17-7/h3-4,7-8,10H,2,5-6H2,1H3,(H,17,20). The van der Waals surface area contributed by atoms with Gasteiger partial charge in [-0.25, -0.2) is 14.6 Å². The molecular weight excluding hydrogens is 316 g/mol. The van der Waals surface area contributed by atoms with E-state index in [-0.39, 0.29) is 25.1 Å². The number of esters is 1. The summed E-state index contributed by atoms with van der Waals surface area (Å²) in [6, 6.07) is -0.746. The molecular formula is C13H15F2N3O5. The molecule has 2 aliphatic rings. The number of aromatic nitrogens is 1. The van der Waals surface area contributed by atoms with Gasteiger partial charge >= 0.3 is 18.1 Å². The zero-order valence-electron chi connectivity index (χ0n) is 12.2. The monoisotopic (exact) mass is 331 g/mol. The molecule has 0 saturated carbocycles.